The van der Waals surface area contributed by atoms with E-state index in [1.54, 1.807) is 12.5 Å². The lowest BCUT2D eigenvalue weighted by Gasteiger charge is -2.00. The van der Waals surface area contributed by atoms with Crippen LogP contribution in [0.15, 0.2) is 29.1 Å². The lowest BCUT2D eigenvalue weighted by atomic mass is 10.2. The van der Waals surface area contributed by atoms with Crippen molar-refractivity contribution in [2.24, 2.45) is 5.73 Å². The molecule has 1 rings (SSSR count). The number of nitrogens with two attached hydrogens (primary N) is 1. The molecule has 4 heteroatoms. The minimum atomic E-state index is 0.408. The highest BCUT2D eigenvalue weighted by Crippen LogP contribution is 1.90. The molecule has 1 heterocycles. The number of nitrogens with one attached hydrogen (secondary N) is 1. The number of hydrogen-bond donors (Lipinski definition) is 2. The minimum Gasteiger partial charge on any atom is -0.473 e. The maximum atomic E-state index is 5.20. The second-order valence-corrected chi connectivity index (χ2v) is 3.23. The average Bonchev–Trinajstić information content (AvgIpc) is 2.70. The van der Waals surface area contributed by atoms with Gasteiger partial charge in [0.1, 0.15) is 0 Å². The Morgan fingerprint density at radius 3 is 2.36 bits per heavy atom. The fraction of sp³-hybridized carbons (Fsp3) is 0.500. The summed E-state index contributed by atoms with van der Waals surface area (Å²) < 4.78 is 4.58. The summed E-state index contributed by atoms with van der Waals surface area (Å²) in [6, 6.07) is 3.67. The molecule has 0 atom stereocenters. The smallest absolute Gasteiger partial charge is 0.163 e. The summed E-state index contributed by atoms with van der Waals surface area (Å²) >= 11 is 4.61. The summed E-state index contributed by atoms with van der Waals surface area (Å²) in [6.45, 7) is 3.09. The van der Waals surface area contributed by atoms with E-state index in [2.05, 4.69) is 28.9 Å². The van der Waals surface area contributed by atoms with Crippen LogP contribution in [-0.2, 0) is 0 Å². The molecule has 1 aromatic rings. The van der Waals surface area contributed by atoms with Crippen molar-refractivity contribution in [2.45, 2.75) is 26.2 Å². The molecule has 0 aliphatic heterocycles. The van der Waals surface area contributed by atoms with E-state index >= 15 is 0 Å². The zero-order valence-electron chi connectivity index (χ0n) is 8.53. The number of rotatable bonds is 4. The molecule has 0 fully saturated rings. The predicted molar refractivity (Wildman–Crippen MR) is 63.0 cm³/mol. The standard InChI is InChI=1S/C6H14N2S.C4H4O/c1-2-3-4-5-8-6(7)9;1-2-4-5-3-1/h2-5H2,1H3,(H3,7,8,9);1-4H. The van der Waals surface area contributed by atoms with Crippen LogP contribution in [-0.4, -0.2) is 11.7 Å². The molecule has 14 heavy (non-hydrogen) atoms. The lowest BCUT2D eigenvalue weighted by Crippen LogP contribution is -2.29. The first-order chi connectivity index (χ1) is 6.77. The van der Waals surface area contributed by atoms with Crippen molar-refractivity contribution in [3.05, 3.63) is 24.7 Å². The first kappa shape index (κ1) is 13.0. The van der Waals surface area contributed by atoms with E-state index in [1.165, 1.54) is 12.8 Å². The highest BCUT2D eigenvalue weighted by atomic mass is 32.1. The van der Waals surface area contributed by atoms with Crippen LogP contribution in [0.25, 0.3) is 0 Å². The van der Waals surface area contributed by atoms with Crippen LogP contribution in [0.2, 0.25) is 0 Å². The fourth-order valence-corrected chi connectivity index (χ4v) is 0.915. The Hall–Kier alpha value is -1.03. The topological polar surface area (TPSA) is 51.2 Å². The quantitative estimate of drug-likeness (QED) is 0.596. The molecule has 1 aromatic heterocycles. The predicted octanol–water partition coefficient (Wildman–Crippen LogP) is 2.29. The largest absolute Gasteiger partial charge is 0.473 e. The van der Waals surface area contributed by atoms with E-state index in [9.17, 15) is 0 Å². The van der Waals surface area contributed by atoms with Gasteiger partial charge in [-0.3, -0.25) is 0 Å². The number of hydrogen-bond acceptors (Lipinski definition) is 2. The Kier molecular flexibility index (Phi) is 9.31. The Morgan fingerprint density at radius 1 is 1.36 bits per heavy atom. The average molecular weight is 214 g/mol. The van der Waals surface area contributed by atoms with Gasteiger partial charge < -0.3 is 15.5 Å². The Labute approximate surface area is 90.7 Å². The van der Waals surface area contributed by atoms with Gasteiger partial charge in [0.05, 0.1) is 12.5 Å². The van der Waals surface area contributed by atoms with E-state index < -0.39 is 0 Å². The van der Waals surface area contributed by atoms with E-state index in [4.69, 9.17) is 5.73 Å². The summed E-state index contributed by atoms with van der Waals surface area (Å²) in [5.41, 5.74) is 5.20. The molecule has 0 unspecified atom stereocenters. The second kappa shape index (κ2) is 10.1. The van der Waals surface area contributed by atoms with Gasteiger partial charge in [-0.25, -0.2) is 0 Å². The Bertz CT molecular complexity index is 195. The molecular weight excluding hydrogens is 196 g/mol. The molecule has 0 bridgehead atoms. The maximum Gasteiger partial charge on any atom is 0.163 e. The Balaban J connectivity index is 0.000000280. The zero-order chi connectivity index (χ0) is 10.6. The first-order valence-electron chi connectivity index (χ1n) is 4.77. The molecule has 0 saturated carbocycles. The van der Waals surface area contributed by atoms with Crippen molar-refractivity contribution < 1.29 is 4.42 Å². The molecule has 0 saturated heterocycles. The van der Waals surface area contributed by atoms with Gasteiger partial charge in [0.25, 0.3) is 0 Å². The van der Waals surface area contributed by atoms with Gasteiger partial charge in [-0.1, -0.05) is 19.8 Å². The molecule has 0 spiro atoms. The summed E-state index contributed by atoms with van der Waals surface area (Å²) in [7, 11) is 0. The molecule has 3 nitrogen and oxygen atoms in total. The number of unbranched alkanes of at least 4 members (excludes halogenated alkanes) is 2. The SMILES string of the molecule is CCCCCNC(N)=S.c1ccoc1. The summed E-state index contributed by atoms with van der Waals surface area (Å²) in [4.78, 5) is 0. The van der Waals surface area contributed by atoms with Crippen LogP contribution in [0.4, 0.5) is 0 Å². The van der Waals surface area contributed by atoms with Crippen LogP contribution >= 0.6 is 12.2 Å². The highest BCUT2D eigenvalue weighted by Gasteiger charge is 1.85. The molecule has 0 aromatic carbocycles. The van der Waals surface area contributed by atoms with Crippen molar-refractivity contribution in [1.82, 2.24) is 5.32 Å². The molecule has 0 aliphatic rings. The van der Waals surface area contributed by atoms with E-state index in [-0.39, 0.29) is 0 Å². The van der Waals surface area contributed by atoms with Gasteiger partial charge in [0.15, 0.2) is 5.11 Å². The second-order valence-electron chi connectivity index (χ2n) is 2.79. The van der Waals surface area contributed by atoms with Gasteiger partial charge >= 0.3 is 0 Å². The van der Waals surface area contributed by atoms with Gasteiger partial charge in [-0.05, 0) is 30.8 Å². The molecular formula is C10H18N2OS. The third-order valence-electron chi connectivity index (χ3n) is 1.50. The van der Waals surface area contributed by atoms with Crippen molar-refractivity contribution in [3.8, 4) is 0 Å². The third kappa shape index (κ3) is 11.0. The van der Waals surface area contributed by atoms with Crippen molar-refractivity contribution in [1.29, 1.82) is 0 Å². The van der Waals surface area contributed by atoms with Crippen LogP contribution < -0.4 is 11.1 Å². The highest BCUT2D eigenvalue weighted by molar-refractivity contribution is 7.80. The molecule has 0 radical (unpaired) electrons. The van der Waals surface area contributed by atoms with Gasteiger partial charge in [-0.15, -0.1) is 0 Å². The zero-order valence-corrected chi connectivity index (χ0v) is 9.35. The van der Waals surface area contributed by atoms with E-state index in [0.29, 0.717) is 5.11 Å². The molecule has 0 aliphatic carbocycles. The molecule has 0 amide bonds. The lowest BCUT2D eigenvalue weighted by molar-refractivity contribution is 0.567. The summed E-state index contributed by atoms with van der Waals surface area (Å²) in [5.74, 6) is 0. The van der Waals surface area contributed by atoms with E-state index in [1.807, 2.05) is 12.1 Å². The van der Waals surface area contributed by atoms with Crippen LogP contribution in [0.3, 0.4) is 0 Å². The minimum absolute atomic E-state index is 0.408. The van der Waals surface area contributed by atoms with Gasteiger partial charge in [0, 0.05) is 6.54 Å². The Morgan fingerprint density at radius 2 is 2.00 bits per heavy atom. The van der Waals surface area contributed by atoms with Crippen LogP contribution in [0.1, 0.15) is 26.2 Å². The van der Waals surface area contributed by atoms with Gasteiger partial charge in [0.2, 0.25) is 0 Å². The molecule has 80 valence electrons. The van der Waals surface area contributed by atoms with Crippen LogP contribution in [0, 0.1) is 0 Å². The van der Waals surface area contributed by atoms with Crippen molar-refractivity contribution in [3.63, 3.8) is 0 Å². The number of furan rings is 1. The fourth-order valence-electron chi connectivity index (χ4n) is 0.813. The summed E-state index contributed by atoms with van der Waals surface area (Å²) in [6.07, 6.45) is 6.89. The number of thiocarbonyl (C=S) groups is 1. The molecule has 3 N–H and O–H groups in total. The first-order valence-corrected chi connectivity index (χ1v) is 5.18. The van der Waals surface area contributed by atoms with Gasteiger partial charge in [-0.2, -0.15) is 0 Å². The summed E-state index contributed by atoms with van der Waals surface area (Å²) in [5, 5.41) is 3.30. The van der Waals surface area contributed by atoms with E-state index in [0.717, 1.165) is 13.0 Å². The van der Waals surface area contributed by atoms with Crippen LogP contribution in [0.5, 0.6) is 0 Å². The monoisotopic (exact) mass is 214 g/mol. The van der Waals surface area contributed by atoms with Crippen molar-refractivity contribution >= 4 is 17.3 Å². The maximum absolute atomic E-state index is 5.20. The normalized spacial score (nSPS) is 8.64. The third-order valence-corrected chi connectivity index (χ3v) is 1.65. The van der Waals surface area contributed by atoms with Crippen molar-refractivity contribution in [2.75, 3.05) is 6.54 Å².